The molecule has 0 aliphatic rings. The molecule has 0 spiro atoms. The maximum absolute atomic E-state index is 13.0. The molecule has 0 aliphatic heterocycles. The number of hydrogen-bond donors (Lipinski definition) is 1. The fourth-order valence-electron chi connectivity index (χ4n) is 3.50. The van der Waals surface area contributed by atoms with Gasteiger partial charge in [-0.25, -0.2) is 0 Å². The molecule has 0 radical (unpaired) electrons. The van der Waals surface area contributed by atoms with Crippen LogP contribution in [0, 0.1) is 13.8 Å². The predicted octanol–water partition coefficient (Wildman–Crippen LogP) is 5.68. The lowest BCUT2D eigenvalue weighted by atomic mass is 10.2. The van der Waals surface area contributed by atoms with Crippen molar-refractivity contribution in [3.05, 3.63) is 71.5 Å². The van der Waals surface area contributed by atoms with E-state index in [0.717, 1.165) is 44.2 Å². The standard InChI is InChI=1S/C24H24N4O3S2/c1-15-13-21(16(2)28(15)18-7-11-20(31-4)12-8-18)22(29)14-32-24-27-26-23(33-24)25-17-5-9-19(30-3)10-6-17/h5-13H,14H2,1-4H3,(H,25,26). The number of nitrogens with one attached hydrogen (secondary N) is 1. The Balaban J connectivity index is 1.41. The van der Waals surface area contributed by atoms with Gasteiger partial charge < -0.3 is 19.4 Å². The Bertz CT molecular complexity index is 1250. The number of ether oxygens (including phenoxy) is 2. The third-order valence-corrected chi connectivity index (χ3v) is 7.11. The maximum atomic E-state index is 13.0. The van der Waals surface area contributed by atoms with E-state index in [1.807, 2.05) is 68.4 Å². The molecule has 170 valence electrons. The van der Waals surface area contributed by atoms with E-state index in [4.69, 9.17) is 9.47 Å². The van der Waals surface area contributed by atoms with Crippen LogP contribution in [0.25, 0.3) is 5.69 Å². The van der Waals surface area contributed by atoms with Crippen LogP contribution >= 0.6 is 23.1 Å². The first kappa shape index (κ1) is 22.9. The van der Waals surface area contributed by atoms with Crippen LogP contribution in [0.5, 0.6) is 11.5 Å². The highest BCUT2D eigenvalue weighted by Gasteiger charge is 2.18. The third kappa shape index (κ3) is 5.20. The first-order chi connectivity index (χ1) is 16.0. The lowest BCUT2D eigenvalue weighted by molar-refractivity contribution is 0.102. The van der Waals surface area contributed by atoms with Gasteiger partial charge in [-0.15, -0.1) is 10.2 Å². The number of carbonyl (C=O) groups excluding carboxylic acids is 1. The number of benzene rings is 2. The summed E-state index contributed by atoms with van der Waals surface area (Å²) < 4.78 is 13.2. The van der Waals surface area contributed by atoms with Gasteiger partial charge in [0, 0.05) is 28.3 Å². The Morgan fingerprint density at radius 2 is 1.64 bits per heavy atom. The molecule has 0 saturated heterocycles. The van der Waals surface area contributed by atoms with Gasteiger partial charge in [0.2, 0.25) is 5.13 Å². The van der Waals surface area contributed by atoms with E-state index < -0.39 is 0 Å². The Kier molecular flexibility index (Phi) is 7.00. The maximum Gasteiger partial charge on any atom is 0.210 e. The quantitative estimate of drug-likeness (QED) is 0.244. The molecule has 0 fully saturated rings. The fourth-order valence-corrected chi connectivity index (χ4v) is 5.15. The van der Waals surface area contributed by atoms with Gasteiger partial charge in [-0.05, 0) is 68.4 Å². The molecular weight excluding hydrogens is 456 g/mol. The molecule has 2 aromatic heterocycles. The molecule has 2 aromatic carbocycles. The summed E-state index contributed by atoms with van der Waals surface area (Å²) in [5, 5.41) is 12.3. The minimum absolute atomic E-state index is 0.0627. The zero-order valence-electron chi connectivity index (χ0n) is 18.8. The van der Waals surface area contributed by atoms with Gasteiger partial charge in [0.1, 0.15) is 11.5 Å². The Labute approximate surface area is 200 Å². The van der Waals surface area contributed by atoms with Crippen LogP contribution in [0.3, 0.4) is 0 Å². The van der Waals surface area contributed by atoms with Crippen molar-refractivity contribution in [3.8, 4) is 17.2 Å². The second-order valence-electron chi connectivity index (χ2n) is 7.26. The molecule has 0 unspecified atom stereocenters. The number of thioether (sulfide) groups is 1. The van der Waals surface area contributed by atoms with E-state index >= 15 is 0 Å². The third-order valence-electron chi connectivity index (χ3n) is 5.14. The van der Waals surface area contributed by atoms with Crippen molar-refractivity contribution in [1.82, 2.24) is 14.8 Å². The van der Waals surface area contributed by atoms with Gasteiger partial charge in [0.05, 0.1) is 20.0 Å². The number of ketones is 1. The van der Waals surface area contributed by atoms with Gasteiger partial charge >= 0.3 is 0 Å². The van der Waals surface area contributed by atoms with E-state index in [1.54, 1.807) is 14.2 Å². The molecule has 0 aliphatic carbocycles. The van der Waals surface area contributed by atoms with E-state index in [-0.39, 0.29) is 5.78 Å². The highest BCUT2D eigenvalue weighted by molar-refractivity contribution is 8.01. The molecule has 0 saturated carbocycles. The summed E-state index contributed by atoms with van der Waals surface area (Å²) >= 11 is 2.81. The molecule has 9 heteroatoms. The Morgan fingerprint density at radius 1 is 1.00 bits per heavy atom. The van der Waals surface area contributed by atoms with Gasteiger partial charge in [-0.1, -0.05) is 23.1 Å². The molecular formula is C24H24N4O3S2. The number of aryl methyl sites for hydroxylation is 1. The SMILES string of the molecule is COc1ccc(Nc2nnc(SCC(=O)c3cc(C)n(-c4ccc(OC)cc4)c3C)s2)cc1. The van der Waals surface area contributed by atoms with Crippen LogP contribution in [0.4, 0.5) is 10.8 Å². The van der Waals surface area contributed by atoms with E-state index in [2.05, 4.69) is 20.1 Å². The highest BCUT2D eigenvalue weighted by Crippen LogP contribution is 2.30. The van der Waals surface area contributed by atoms with Gasteiger partial charge in [-0.2, -0.15) is 0 Å². The molecule has 1 N–H and O–H groups in total. The van der Waals surface area contributed by atoms with Crippen molar-refractivity contribution in [2.45, 2.75) is 18.2 Å². The lowest BCUT2D eigenvalue weighted by Gasteiger charge is -2.10. The zero-order chi connectivity index (χ0) is 23.4. The van der Waals surface area contributed by atoms with Gasteiger partial charge in [0.15, 0.2) is 10.1 Å². The lowest BCUT2D eigenvalue weighted by Crippen LogP contribution is -2.05. The summed E-state index contributed by atoms with van der Waals surface area (Å²) in [6, 6.07) is 17.3. The number of aromatic nitrogens is 3. The average Bonchev–Trinajstić information content (AvgIpc) is 3.41. The molecule has 4 rings (SSSR count). The molecule has 2 heterocycles. The van der Waals surface area contributed by atoms with Crippen LogP contribution in [-0.4, -0.2) is 40.5 Å². The van der Waals surface area contributed by atoms with Gasteiger partial charge in [-0.3, -0.25) is 4.79 Å². The van der Waals surface area contributed by atoms with Crippen molar-refractivity contribution in [3.63, 3.8) is 0 Å². The summed E-state index contributed by atoms with van der Waals surface area (Å²) in [6.45, 7) is 3.97. The number of methoxy groups -OCH3 is 2. The molecule has 0 atom stereocenters. The van der Waals surface area contributed by atoms with Crippen LogP contribution in [0.1, 0.15) is 21.7 Å². The predicted molar refractivity (Wildman–Crippen MR) is 133 cm³/mol. The second-order valence-corrected chi connectivity index (χ2v) is 9.46. The smallest absolute Gasteiger partial charge is 0.210 e. The van der Waals surface area contributed by atoms with E-state index in [0.29, 0.717) is 10.9 Å². The number of Topliss-reactive ketones (excluding diaryl/α,β-unsaturated/α-hetero) is 1. The largest absolute Gasteiger partial charge is 0.497 e. The molecule has 0 bridgehead atoms. The minimum atomic E-state index is 0.0627. The van der Waals surface area contributed by atoms with E-state index in [1.165, 1.54) is 23.1 Å². The number of nitrogens with zero attached hydrogens (tertiary/aromatic N) is 3. The van der Waals surface area contributed by atoms with Crippen LogP contribution in [0.2, 0.25) is 0 Å². The average molecular weight is 481 g/mol. The van der Waals surface area contributed by atoms with E-state index in [9.17, 15) is 4.79 Å². The number of carbonyl (C=O) groups is 1. The van der Waals surface area contributed by atoms with Gasteiger partial charge in [0.25, 0.3) is 0 Å². The van der Waals surface area contributed by atoms with Crippen LogP contribution < -0.4 is 14.8 Å². The van der Waals surface area contributed by atoms with Crippen molar-refractivity contribution >= 4 is 39.7 Å². The van der Waals surface area contributed by atoms with Crippen molar-refractivity contribution < 1.29 is 14.3 Å². The summed E-state index contributed by atoms with van der Waals surface area (Å²) in [6.07, 6.45) is 0. The topological polar surface area (TPSA) is 78.3 Å². The second kappa shape index (κ2) is 10.1. The Morgan fingerprint density at radius 3 is 2.27 bits per heavy atom. The van der Waals surface area contributed by atoms with Crippen molar-refractivity contribution in [2.24, 2.45) is 0 Å². The van der Waals surface area contributed by atoms with Crippen LogP contribution in [0.15, 0.2) is 58.9 Å². The zero-order valence-corrected chi connectivity index (χ0v) is 20.4. The van der Waals surface area contributed by atoms with Crippen molar-refractivity contribution in [1.29, 1.82) is 0 Å². The minimum Gasteiger partial charge on any atom is -0.497 e. The van der Waals surface area contributed by atoms with Crippen molar-refractivity contribution in [2.75, 3.05) is 25.3 Å². The normalized spacial score (nSPS) is 10.8. The fraction of sp³-hybridized carbons (Fsp3) is 0.208. The number of hydrogen-bond acceptors (Lipinski definition) is 8. The first-order valence-electron chi connectivity index (χ1n) is 10.2. The summed E-state index contributed by atoms with van der Waals surface area (Å²) in [7, 11) is 3.28. The summed E-state index contributed by atoms with van der Waals surface area (Å²) in [5.74, 6) is 1.95. The highest BCUT2D eigenvalue weighted by atomic mass is 32.2. The molecule has 7 nitrogen and oxygen atoms in total. The summed E-state index contributed by atoms with van der Waals surface area (Å²) in [5.41, 5.74) is 4.54. The molecule has 0 amide bonds. The Hall–Kier alpha value is -3.30. The summed E-state index contributed by atoms with van der Waals surface area (Å²) in [4.78, 5) is 13.0. The number of anilines is 2. The first-order valence-corrected chi connectivity index (χ1v) is 12.0. The van der Waals surface area contributed by atoms with Crippen LogP contribution in [-0.2, 0) is 0 Å². The number of rotatable bonds is 9. The monoisotopic (exact) mass is 480 g/mol. The molecule has 4 aromatic rings. The molecule has 33 heavy (non-hydrogen) atoms.